The standard InChI is InChI=1S/C8H14N6/c1-13-2-4-14(5-3-13)8-11-6-10-7(9)12-8/h6H,2-5H2,1H3,(H2,9,10,11,12). The van der Waals surface area contributed by atoms with Gasteiger partial charge in [-0.25, -0.2) is 9.97 Å². The smallest absolute Gasteiger partial charge is 0.230 e. The Bertz CT molecular complexity index is 306. The summed E-state index contributed by atoms with van der Waals surface area (Å²) >= 11 is 0. The highest BCUT2D eigenvalue weighted by molar-refractivity contribution is 5.33. The van der Waals surface area contributed by atoms with Gasteiger partial charge in [-0.1, -0.05) is 0 Å². The van der Waals surface area contributed by atoms with Crippen LogP contribution in [0.1, 0.15) is 0 Å². The molecule has 0 bridgehead atoms. The number of likely N-dealkylation sites (N-methyl/N-ethyl adjacent to an activating group) is 1. The van der Waals surface area contributed by atoms with Gasteiger partial charge in [0.1, 0.15) is 6.33 Å². The van der Waals surface area contributed by atoms with E-state index in [1.54, 1.807) is 0 Å². The first kappa shape index (κ1) is 9.14. The maximum Gasteiger partial charge on any atom is 0.230 e. The molecular formula is C8H14N6. The Labute approximate surface area is 82.8 Å². The van der Waals surface area contributed by atoms with Crippen LogP contribution in [-0.2, 0) is 0 Å². The van der Waals surface area contributed by atoms with Gasteiger partial charge in [0, 0.05) is 26.2 Å². The zero-order valence-electron chi connectivity index (χ0n) is 8.22. The average molecular weight is 194 g/mol. The van der Waals surface area contributed by atoms with Crippen LogP contribution in [0.5, 0.6) is 0 Å². The lowest BCUT2D eigenvalue weighted by Crippen LogP contribution is -2.45. The number of aromatic nitrogens is 3. The summed E-state index contributed by atoms with van der Waals surface area (Å²) in [4.78, 5) is 16.3. The fourth-order valence-corrected chi connectivity index (χ4v) is 1.46. The second-order valence-corrected chi connectivity index (χ2v) is 3.43. The summed E-state index contributed by atoms with van der Waals surface area (Å²) in [7, 11) is 2.11. The van der Waals surface area contributed by atoms with Crippen molar-refractivity contribution in [2.24, 2.45) is 0 Å². The fraction of sp³-hybridized carbons (Fsp3) is 0.625. The molecule has 76 valence electrons. The third-order valence-corrected chi connectivity index (χ3v) is 2.36. The second-order valence-electron chi connectivity index (χ2n) is 3.43. The van der Waals surface area contributed by atoms with Gasteiger partial charge in [-0.05, 0) is 7.05 Å². The first-order chi connectivity index (χ1) is 6.75. The molecule has 0 spiro atoms. The van der Waals surface area contributed by atoms with E-state index in [-0.39, 0.29) is 5.95 Å². The number of nitrogens with zero attached hydrogens (tertiary/aromatic N) is 5. The Morgan fingerprint density at radius 2 is 1.93 bits per heavy atom. The van der Waals surface area contributed by atoms with Gasteiger partial charge in [-0.2, -0.15) is 4.98 Å². The van der Waals surface area contributed by atoms with Gasteiger partial charge >= 0.3 is 0 Å². The van der Waals surface area contributed by atoms with Crippen LogP contribution in [0.25, 0.3) is 0 Å². The number of anilines is 2. The number of rotatable bonds is 1. The predicted molar refractivity (Wildman–Crippen MR) is 53.9 cm³/mol. The minimum absolute atomic E-state index is 0.286. The molecule has 0 atom stereocenters. The highest BCUT2D eigenvalue weighted by Gasteiger charge is 2.16. The molecule has 0 radical (unpaired) electrons. The van der Waals surface area contributed by atoms with Gasteiger partial charge in [-0.3, -0.25) is 0 Å². The Hall–Kier alpha value is -1.43. The minimum atomic E-state index is 0.286. The lowest BCUT2D eigenvalue weighted by atomic mass is 10.3. The molecule has 0 aliphatic carbocycles. The van der Waals surface area contributed by atoms with Crippen LogP contribution >= 0.6 is 0 Å². The van der Waals surface area contributed by atoms with Gasteiger partial charge in [-0.15, -0.1) is 0 Å². The molecule has 2 heterocycles. The molecule has 1 aliphatic heterocycles. The molecule has 6 nitrogen and oxygen atoms in total. The van der Waals surface area contributed by atoms with Crippen LogP contribution in [0.2, 0.25) is 0 Å². The van der Waals surface area contributed by atoms with E-state index in [1.807, 2.05) is 0 Å². The lowest BCUT2D eigenvalue weighted by molar-refractivity contribution is 0.311. The summed E-state index contributed by atoms with van der Waals surface area (Å²) in [6.07, 6.45) is 1.45. The highest BCUT2D eigenvalue weighted by atomic mass is 15.3. The maximum atomic E-state index is 5.49. The second kappa shape index (κ2) is 3.75. The highest BCUT2D eigenvalue weighted by Crippen LogP contribution is 2.09. The Morgan fingerprint density at radius 1 is 1.21 bits per heavy atom. The van der Waals surface area contributed by atoms with Gasteiger partial charge in [0.15, 0.2) is 0 Å². The van der Waals surface area contributed by atoms with E-state index < -0.39 is 0 Å². The molecule has 1 fully saturated rings. The van der Waals surface area contributed by atoms with Crippen molar-refractivity contribution in [1.29, 1.82) is 0 Å². The topological polar surface area (TPSA) is 71.2 Å². The van der Waals surface area contributed by atoms with Crippen LogP contribution in [-0.4, -0.2) is 53.1 Å². The lowest BCUT2D eigenvalue weighted by Gasteiger charge is -2.32. The maximum absolute atomic E-state index is 5.49. The van der Waals surface area contributed by atoms with Crippen LogP contribution in [0.4, 0.5) is 11.9 Å². The first-order valence-electron chi connectivity index (χ1n) is 4.64. The van der Waals surface area contributed by atoms with Crippen LogP contribution in [0.3, 0.4) is 0 Å². The van der Waals surface area contributed by atoms with Crippen molar-refractivity contribution in [2.45, 2.75) is 0 Å². The Morgan fingerprint density at radius 3 is 2.57 bits per heavy atom. The molecular weight excluding hydrogens is 180 g/mol. The van der Waals surface area contributed by atoms with Crippen molar-refractivity contribution in [1.82, 2.24) is 19.9 Å². The van der Waals surface area contributed by atoms with E-state index in [0.29, 0.717) is 5.95 Å². The normalized spacial score (nSPS) is 18.5. The fourth-order valence-electron chi connectivity index (χ4n) is 1.46. The first-order valence-corrected chi connectivity index (χ1v) is 4.64. The van der Waals surface area contributed by atoms with E-state index in [1.165, 1.54) is 6.33 Å². The molecule has 1 aromatic heterocycles. The summed E-state index contributed by atoms with van der Waals surface area (Å²) in [6, 6.07) is 0. The monoisotopic (exact) mass is 194 g/mol. The van der Waals surface area contributed by atoms with Crippen molar-refractivity contribution in [3.05, 3.63) is 6.33 Å². The van der Waals surface area contributed by atoms with E-state index in [0.717, 1.165) is 26.2 Å². The third-order valence-electron chi connectivity index (χ3n) is 2.36. The van der Waals surface area contributed by atoms with Gasteiger partial charge < -0.3 is 15.5 Å². The third kappa shape index (κ3) is 1.90. The summed E-state index contributed by atoms with van der Waals surface area (Å²) in [6.45, 7) is 3.96. The van der Waals surface area contributed by atoms with Crippen molar-refractivity contribution >= 4 is 11.9 Å². The van der Waals surface area contributed by atoms with Crippen molar-refractivity contribution in [3.8, 4) is 0 Å². The number of nitrogen functional groups attached to an aromatic ring is 1. The van der Waals surface area contributed by atoms with E-state index >= 15 is 0 Å². The largest absolute Gasteiger partial charge is 0.368 e. The van der Waals surface area contributed by atoms with Crippen LogP contribution in [0.15, 0.2) is 6.33 Å². The molecule has 0 saturated carbocycles. The van der Waals surface area contributed by atoms with E-state index in [2.05, 4.69) is 31.8 Å². The molecule has 6 heteroatoms. The van der Waals surface area contributed by atoms with Gasteiger partial charge in [0.2, 0.25) is 11.9 Å². The summed E-state index contributed by atoms with van der Waals surface area (Å²) < 4.78 is 0. The predicted octanol–water partition coefficient (Wildman–Crippen LogP) is -0.794. The number of hydrogen-bond acceptors (Lipinski definition) is 6. The Balaban J connectivity index is 2.08. The number of nitrogens with two attached hydrogens (primary N) is 1. The molecule has 2 rings (SSSR count). The molecule has 0 unspecified atom stereocenters. The average Bonchev–Trinajstić information content (AvgIpc) is 2.19. The van der Waals surface area contributed by atoms with Crippen molar-refractivity contribution in [3.63, 3.8) is 0 Å². The summed E-state index contributed by atoms with van der Waals surface area (Å²) in [5, 5.41) is 0. The van der Waals surface area contributed by atoms with Gasteiger partial charge in [0.05, 0.1) is 0 Å². The van der Waals surface area contributed by atoms with E-state index in [4.69, 9.17) is 5.73 Å². The van der Waals surface area contributed by atoms with Crippen LogP contribution in [0, 0.1) is 0 Å². The molecule has 14 heavy (non-hydrogen) atoms. The molecule has 1 aliphatic rings. The minimum Gasteiger partial charge on any atom is -0.368 e. The SMILES string of the molecule is CN1CCN(c2ncnc(N)n2)CC1. The molecule has 1 aromatic rings. The van der Waals surface area contributed by atoms with E-state index in [9.17, 15) is 0 Å². The Kier molecular flexibility index (Phi) is 2.45. The molecule has 2 N–H and O–H groups in total. The zero-order chi connectivity index (χ0) is 9.97. The number of piperazine rings is 1. The molecule has 1 saturated heterocycles. The summed E-state index contributed by atoms with van der Waals surface area (Å²) in [5.74, 6) is 0.972. The van der Waals surface area contributed by atoms with Crippen molar-refractivity contribution in [2.75, 3.05) is 43.9 Å². The molecule has 0 aromatic carbocycles. The quantitative estimate of drug-likeness (QED) is 0.631. The van der Waals surface area contributed by atoms with Crippen LogP contribution < -0.4 is 10.6 Å². The zero-order valence-corrected chi connectivity index (χ0v) is 8.22. The number of hydrogen-bond donors (Lipinski definition) is 1. The van der Waals surface area contributed by atoms with Gasteiger partial charge in [0.25, 0.3) is 0 Å². The summed E-state index contributed by atoms with van der Waals surface area (Å²) in [5.41, 5.74) is 5.49. The molecule has 0 amide bonds. The van der Waals surface area contributed by atoms with Crippen molar-refractivity contribution < 1.29 is 0 Å².